The van der Waals surface area contributed by atoms with Gasteiger partial charge in [0, 0.05) is 16.5 Å². The van der Waals surface area contributed by atoms with Crippen LogP contribution in [0.1, 0.15) is 51.0 Å². The minimum atomic E-state index is 0.236. The van der Waals surface area contributed by atoms with Crippen molar-refractivity contribution in [2.24, 2.45) is 5.73 Å². The minimum absolute atomic E-state index is 0.236. The fraction of sp³-hybridized carbons (Fsp3) is 0.600. The molecule has 17 heavy (non-hydrogen) atoms. The number of rotatable bonds is 5. The summed E-state index contributed by atoms with van der Waals surface area (Å²) in [5, 5.41) is 0.811. The first-order valence-electron chi connectivity index (χ1n) is 6.70. The van der Waals surface area contributed by atoms with Crippen LogP contribution < -0.4 is 5.73 Å². The number of unbranched alkanes of at least 4 members (excludes halogenated alkanes) is 1. The van der Waals surface area contributed by atoms with Gasteiger partial charge in [0.1, 0.15) is 0 Å². The molecule has 1 saturated carbocycles. The molecular formula is C15H22ClN. The zero-order valence-corrected chi connectivity index (χ0v) is 11.3. The molecule has 0 unspecified atom stereocenters. The zero-order valence-electron chi connectivity index (χ0n) is 10.6. The lowest BCUT2D eigenvalue weighted by Gasteiger charge is -2.47. The van der Waals surface area contributed by atoms with Gasteiger partial charge in [-0.1, -0.05) is 49.9 Å². The fourth-order valence-corrected chi connectivity index (χ4v) is 3.04. The van der Waals surface area contributed by atoms with Gasteiger partial charge >= 0.3 is 0 Å². The maximum atomic E-state index is 6.44. The first kappa shape index (κ1) is 12.9. The Morgan fingerprint density at radius 2 is 1.94 bits per heavy atom. The van der Waals surface area contributed by atoms with Crippen molar-refractivity contribution in [1.29, 1.82) is 0 Å². The molecule has 1 fully saturated rings. The lowest BCUT2D eigenvalue weighted by Crippen LogP contribution is -2.50. The standard InChI is InChI=1S/C15H22ClN/c1-2-3-5-14(17)15(10-4-11-15)12-6-8-13(16)9-7-12/h6-9,14H,2-5,10-11,17H2,1H3/t14-/m1/s1. The van der Waals surface area contributed by atoms with Crippen LogP contribution in [-0.2, 0) is 5.41 Å². The van der Waals surface area contributed by atoms with Crippen LogP contribution >= 0.6 is 11.6 Å². The molecule has 0 heterocycles. The third-order valence-electron chi connectivity index (χ3n) is 4.24. The minimum Gasteiger partial charge on any atom is -0.327 e. The molecular weight excluding hydrogens is 230 g/mol. The molecule has 2 N–H and O–H groups in total. The number of hydrogen-bond acceptors (Lipinski definition) is 1. The van der Waals surface area contributed by atoms with Gasteiger partial charge in [-0.25, -0.2) is 0 Å². The second kappa shape index (κ2) is 5.41. The van der Waals surface area contributed by atoms with E-state index < -0.39 is 0 Å². The molecule has 0 aromatic heterocycles. The van der Waals surface area contributed by atoms with Crippen molar-refractivity contribution >= 4 is 11.6 Å². The Labute approximate surface area is 109 Å². The van der Waals surface area contributed by atoms with Crippen LogP contribution in [0.15, 0.2) is 24.3 Å². The summed E-state index contributed by atoms with van der Waals surface area (Å²) in [6.07, 6.45) is 7.38. The Balaban J connectivity index is 2.16. The highest BCUT2D eigenvalue weighted by atomic mass is 35.5. The van der Waals surface area contributed by atoms with Gasteiger partial charge in [0.15, 0.2) is 0 Å². The highest BCUT2D eigenvalue weighted by Gasteiger charge is 2.43. The number of benzene rings is 1. The molecule has 0 saturated heterocycles. The van der Waals surface area contributed by atoms with Gasteiger partial charge in [0.2, 0.25) is 0 Å². The Hall–Kier alpha value is -0.530. The predicted molar refractivity (Wildman–Crippen MR) is 74.5 cm³/mol. The predicted octanol–water partition coefficient (Wildman–Crippen LogP) is 4.28. The first-order chi connectivity index (χ1) is 8.19. The smallest absolute Gasteiger partial charge is 0.0406 e. The summed E-state index contributed by atoms with van der Waals surface area (Å²) in [5.41, 5.74) is 8.06. The summed E-state index contributed by atoms with van der Waals surface area (Å²) in [5.74, 6) is 0. The molecule has 94 valence electrons. The summed E-state index contributed by atoms with van der Waals surface area (Å²) >= 11 is 5.95. The molecule has 0 spiro atoms. The number of hydrogen-bond donors (Lipinski definition) is 1. The largest absolute Gasteiger partial charge is 0.327 e. The van der Waals surface area contributed by atoms with Crippen LogP contribution in [0.4, 0.5) is 0 Å². The van der Waals surface area contributed by atoms with Crippen LogP contribution in [0, 0.1) is 0 Å². The van der Waals surface area contributed by atoms with E-state index in [-0.39, 0.29) is 5.41 Å². The van der Waals surface area contributed by atoms with E-state index in [4.69, 9.17) is 17.3 Å². The summed E-state index contributed by atoms with van der Waals surface area (Å²) in [6.45, 7) is 2.22. The van der Waals surface area contributed by atoms with Gasteiger partial charge in [-0.15, -0.1) is 0 Å². The topological polar surface area (TPSA) is 26.0 Å². The quantitative estimate of drug-likeness (QED) is 0.831. The maximum Gasteiger partial charge on any atom is 0.0406 e. The Morgan fingerprint density at radius 3 is 2.41 bits per heavy atom. The van der Waals surface area contributed by atoms with Crippen molar-refractivity contribution in [3.05, 3.63) is 34.9 Å². The van der Waals surface area contributed by atoms with Crippen LogP contribution in [0.3, 0.4) is 0 Å². The van der Waals surface area contributed by atoms with Crippen molar-refractivity contribution in [3.8, 4) is 0 Å². The molecule has 1 aromatic carbocycles. The summed E-state index contributed by atoms with van der Waals surface area (Å²) in [6, 6.07) is 8.60. The Bertz CT molecular complexity index is 354. The first-order valence-corrected chi connectivity index (χ1v) is 7.08. The van der Waals surface area contributed by atoms with E-state index in [9.17, 15) is 0 Å². The van der Waals surface area contributed by atoms with Gasteiger partial charge < -0.3 is 5.73 Å². The lowest BCUT2D eigenvalue weighted by molar-refractivity contribution is 0.186. The second-order valence-corrected chi connectivity index (χ2v) is 5.70. The SMILES string of the molecule is CCCC[C@@H](N)C1(c2ccc(Cl)cc2)CCC1. The average Bonchev–Trinajstić information content (AvgIpc) is 2.27. The molecule has 0 radical (unpaired) electrons. The van der Waals surface area contributed by atoms with Crippen LogP contribution in [0.5, 0.6) is 0 Å². The third kappa shape index (κ3) is 2.51. The van der Waals surface area contributed by atoms with E-state index in [1.807, 2.05) is 12.1 Å². The monoisotopic (exact) mass is 251 g/mol. The van der Waals surface area contributed by atoms with E-state index in [0.717, 1.165) is 11.4 Å². The highest BCUT2D eigenvalue weighted by molar-refractivity contribution is 6.30. The maximum absolute atomic E-state index is 6.44. The summed E-state index contributed by atoms with van der Waals surface area (Å²) in [4.78, 5) is 0. The Kier molecular flexibility index (Phi) is 4.11. The summed E-state index contributed by atoms with van der Waals surface area (Å²) in [7, 11) is 0. The van der Waals surface area contributed by atoms with Crippen molar-refractivity contribution in [3.63, 3.8) is 0 Å². The van der Waals surface area contributed by atoms with Crippen LogP contribution in [0.2, 0.25) is 5.02 Å². The number of halogens is 1. The van der Waals surface area contributed by atoms with Gasteiger partial charge in [0.05, 0.1) is 0 Å². The van der Waals surface area contributed by atoms with E-state index in [2.05, 4.69) is 19.1 Å². The molecule has 0 aliphatic heterocycles. The fourth-order valence-electron chi connectivity index (χ4n) is 2.91. The van der Waals surface area contributed by atoms with Gasteiger partial charge in [-0.05, 0) is 37.0 Å². The van der Waals surface area contributed by atoms with Crippen molar-refractivity contribution in [2.75, 3.05) is 0 Å². The zero-order chi connectivity index (χ0) is 12.3. The second-order valence-electron chi connectivity index (χ2n) is 5.27. The van der Waals surface area contributed by atoms with E-state index in [0.29, 0.717) is 6.04 Å². The molecule has 0 amide bonds. The Morgan fingerprint density at radius 1 is 1.29 bits per heavy atom. The molecule has 2 heteroatoms. The third-order valence-corrected chi connectivity index (χ3v) is 4.50. The van der Waals surface area contributed by atoms with Gasteiger partial charge in [-0.2, -0.15) is 0 Å². The molecule has 1 aliphatic carbocycles. The van der Waals surface area contributed by atoms with E-state index in [1.165, 1.54) is 37.7 Å². The molecule has 0 bridgehead atoms. The molecule has 2 rings (SSSR count). The highest BCUT2D eigenvalue weighted by Crippen LogP contribution is 2.47. The van der Waals surface area contributed by atoms with Crippen LogP contribution in [0.25, 0.3) is 0 Å². The average molecular weight is 252 g/mol. The van der Waals surface area contributed by atoms with Gasteiger partial charge in [0.25, 0.3) is 0 Å². The van der Waals surface area contributed by atoms with E-state index in [1.54, 1.807) is 0 Å². The normalized spacial score (nSPS) is 19.7. The molecule has 1 aliphatic rings. The van der Waals surface area contributed by atoms with Crippen LogP contribution in [-0.4, -0.2) is 6.04 Å². The summed E-state index contributed by atoms with van der Waals surface area (Å²) < 4.78 is 0. The lowest BCUT2D eigenvalue weighted by atomic mass is 9.59. The molecule has 1 atom stereocenters. The number of nitrogens with two attached hydrogens (primary N) is 1. The van der Waals surface area contributed by atoms with Crippen molar-refractivity contribution in [2.45, 2.75) is 56.9 Å². The van der Waals surface area contributed by atoms with E-state index >= 15 is 0 Å². The van der Waals surface area contributed by atoms with Crippen molar-refractivity contribution < 1.29 is 0 Å². The molecule has 1 nitrogen and oxygen atoms in total. The van der Waals surface area contributed by atoms with Gasteiger partial charge in [-0.3, -0.25) is 0 Å². The van der Waals surface area contributed by atoms with Crippen molar-refractivity contribution in [1.82, 2.24) is 0 Å². The molecule has 1 aromatic rings.